The van der Waals surface area contributed by atoms with Gasteiger partial charge in [-0.25, -0.2) is 8.42 Å². The van der Waals surface area contributed by atoms with Gasteiger partial charge in [0.05, 0.1) is 5.75 Å². The van der Waals surface area contributed by atoms with Gasteiger partial charge >= 0.3 is 0 Å². The zero-order valence-corrected chi connectivity index (χ0v) is 10.2. The summed E-state index contributed by atoms with van der Waals surface area (Å²) < 4.78 is 22.3. The quantitative estimate of drug-likeness (QED) is 0.864. The van der Waals surface area contributed by atoms with Crippen molar-refractivity contribution in [1.82, 2.24) is 0 Å². The molecule has 0 radical (unpaired) electrons. The Morgan fingerprint density at radius 3 is 2.69 bits per heavy atom. The van der Waals surface area contributed by atoms with Crippen LogP contribution in [0.15, 0.2) is 24.3 Å². The highest BCUT2D eigenvalue weighted by molar-refractivity contribution is 7.90. The van der Waals surface area contributed by atoms with Gasteiger partial charge in [-0.2, -0.15) is 0 Å². The van der Waals surface area contributed by atoms with Gasteiger partial charge in [0.15, 0.2) is 0 Å². The fourth-order valence-electron chi connectivity index (χ4n) is 2.36. The first-order valence-electron chi connectivity index (χ1n) is 5.48. The van der Waals surface area contributed by atoms with E-state index >= 15 is 0 Å². The standard InChI is InChI=1S/C12H17NO2S/c1-16(14,15)7-6-10-8-9-4-2-3-5-11(9)12(10)13/h2-5,10,12H,6-8,13H2,1H3. The van der Waals surface area contributed by atoms with Crippen LogP contribution in [0, 0.1) is 5.92 Å². The van der Waals surface area contributed by atoms with Crippen LogP contribution in [0.1, 0.15) is 23.6 Å². The van der Waals surface area contributed by atoms with Crippen molar-refractivity contribution in [2.45, 2.75) is 18.9 Å². The third-order valence-electron chi connectivity index (χ3n) is 3.26. The second-order valence-corrected chi connectivity index (χ2v) is 6.87. The summed E-state index contributed by atoms with van der Waals surface area (Å²) in [5, 5.41) is 0. The van der Waals surface area contributed by atoms with Crippen LogP contribution in [-0.2, 0) is 16.3 Å². The molecule has 0 fully saturated rings. The van der Waals surface area contributed by atoms with Crippen molar-refractivity contribution in [2.24, 2.45) is 11.7 Å². The van der Waals surface area contributed by atoms with Crippen LogP contribution in [0.4, 0.5) is 0 Å². The highest BCUT2D eigenvalue weighted by Gasteiger charge is 2.29. The molecule has 1 aliphatic rings. The first-order valence-corrected chi connectivity index (χ1v) is 7.54. The summed E-state index contributed by atoms with van der Waals surface area (Å²) in [5.74, 6) is 0.506. The van der Waals surface area contributed by atoms with Crippen LogP contribution in [0.2, 0.25) is 0 Å². The molecule has 2 N–H and O–H groups in total. The van der Waals surface area contributed by atoms with E-state index in [2.05, 4.69) is 6.07 Å². The molecule has 0 aromatic heterocycles. The van der Waals surface area contributed by atoms with E-state index in [4.69, 9.17) is 5.73 Å². The van der Waals surface area contributed by atoms with Crippen molar-refractivity contribution in [3.63, 3.8) is 0 Å². The first-order chi connectivity index (χ1) is 7.47. The number of fused-ring (bicyclic) bond motifs is 1. The summed E-state index contributed by atoms with van der Waals surface area (Å²) in [6, 6.07) is 8.11. The lowest BCUT2D eigenvalue weighted by Gasteiger charge is -2.14. The molecular formula is C12H17NO2S. The largest absolute Gasteiger partial charge is 0.324 e. The maximum Gasteiger partial charge on any atom is 0.147 e. The molecule has 1 aromatic carbocycles. The smallest absolute Gasteiger partial charge is 0.147 e. The van der Waals surface area contributed by atoms with E-state index < -0.39 is 9.84 Å². The van der Waals surface area contributed by atoms with E-state index in [-0.39, 0.29) is 17.7 Å². The van der Waals surface area contributed by atoms with Gasteiger partial charge in [0.2, 0.25) is 0 Å². The monoisotopic (exact) mass is 239 g/mol. The van der Waals surface area contributed by atoms with Gasteiger partial charge in [-0.05, 0) is 29.9 Å². The van der Waals surface area contributed by atoms with Gasteiger partial charge in [0.25, 0.3) is 0 Å². The Kier molecular flexibility index (Phi) is 3.04. The van der Waals surface area contributed by atoms with E-state index in [1.54, 1.807) is 0 Å². The van der Waals surface area contributed by atoms with E-state index in [1.165, 1.54) is 17.4 Å². The normalized spacial score (nSPS) is 24.4. The predicted octanol–water partition coefficient (Wildman–Crippen LogP) is 1.29. The van der Waals surface area contributed by atoms with Crippen LogP contribution < -0.4 is 5.73 Å². The number of rotatable bonds is 3. The fraction of sp³-hybridized carbons (Fsp3) is 0.500. The van der Waals surface area contributed by atoms with E-state index in [1.807, 2.05) is 18.2 Å². The highest BCUT2D eigenvalue weighted by atomic mass is 32.2. The number of nitrogens with two attached hydrogens (primary N) is 1. The van der Waals surface area contributed by atoms with E-state index in [0.717, 1.165) is 6.42 Å². The Hall–Kier alpha value is -0.870. The van der Waals surface area contributed by atoms with Crippen LogP contribution in [0.25, 0.3) is 0 Å². The Labute approximate surface area is 96.6 Å². The molecule has 0 bridgehead atoms. The molecule has 2 unspecified atom stereocenters. The lowest BCUT2D eigenvalue weighted by molar-refractivity contribution is 0.451. The Morgan fingerprint density at radius 1 is 1.38 bits per heavy atom. The fourth-order valence-corrected chi connectivity index (χ4v) is 3.09. The average Bonchev–Trinajstić information content (AvgIpc) is 2.53. The number of benzene rings is 1. The van der Waals surface area contributed by atoms with Crippen molar-refractivity contribution in [1.29, 1.82) is 0 Å². The first kappa shape index (κ1) is 11.6. The van der Waals surface area contributed by atoms with Crippen LogP contribution >= 0.6 is 0 Å². The molecule has 16 heavy (non-hydrogen) atoms. The average molecular weight is 239 g/mol. The number of hydrogen-bond acceptors (Lipinski definition) is 3. The third kappa shape index (κ3) is 2.44. The molecule has 0 amide bonds. The van der Waals surface area contributed by atoms with Gasteiger partial charge in [0.1, 0.15) is 9.84 Å². The molecule has 2 atom stereocenters. The minimum Gasteiger partial charge on any atom is -0.324 e. The Balaban J connectivity index is 2.07. The van der Waals surface area contributed by atoms with Gasteiger partial charge in [-0.3, -0.25) is 0 Å². The van der Waals surface area contributed by atoms with Gasteiger partial charge in [0, 0.05) is 12.3 Å². The zero-order valence-electron chi connectivity index (χ0n) is 9.39. The molecule has 1 aromatic rings. The number of sulfone groups is 1. The summed E-state index contributed by atoms with van der Waals surface area (Å²) in [4.78, 5) is 0. The maximum absolute atomic E-state index is 11.1. The van der Waals surface area contributed by atoms with Gasteiger partial charge in [-0.15, -0.1) is 0 Å². The lowest BCUT2D eigenvalue weighted by Crippen LogP contribution is -2.19. The zero-order chi connectivity index (χ0) is 11.8. The third-order valence-corrected chi connectivity index (χ3v) is 4.24. The molecule has 0 spiro atoms. The minimum absolute atomic E-state index is 0.00190. The maximum atomic E-state index is 11.1. The summed E-state index contributed by atoms with van der Waals surface area (Å²) in [7, 11) is -2.88. The van der Waals surface area contributed by atoms with Crippen molar-refractivity contribution in [3.05, 3.63) is 35.4 Å². The molecule has 2 rings (SSSR count). The van der Waals surface area contributed by atoms with Crippen molar-refractivity contribution >= 4 is 9.84 Å². The summed E-state index contributed by atoms with van der Waals surface area (Å²) in [6.45, 7) is 0. The van der Waals surface area contributed by atoms with Crippen LogP contribution in [-0.4, -0.2) is 20.4 Å². The van der Waals surface area contributed by atoms with Crippen LogP contribution in [0.5, 0.6) is 0 Å². The second-order valence-electron chi connectivity index (χ2n) is 4.61. The summed E-state index contributed by atoms with van der Waals surface area (Å²) in [6.07, 6.45) is 2.85. The SMILES string of the molecule is CS(=O)(=O)CCC1Cc2ccccc2C1N. The van der Waals surface area contributed by atoms with Crippen molar-refractivity contribution in [2.75, 3.05) is 12.0 Å². The molecule has 0 saturated heterocycles. The molecule has 0 aliphatic heterocycles. The summed E-state index contributed by atoms with van der Waals surface area (Å²) >= 11 is 0. The topological polar surface area (TPSA) is 60.2 Å². The molecule has 1 aliphatic carbocycles. The summed E-state index contributed by atoms with van der Waals surface area (Å²) in [5.41, 5.74) is 8.58. The Morgan fingerprint density at radius 2 is 2.06 bits per heavy atom. The predicted molar refractivity (Wildman–Crippen MR) is 64.9 cm³/mol. The van der Waals surface area contributed by atoms with Crippen molar-refractivity contribution < 1.29 is 8.42 Å². The molecular weight excluding hydrogens is 222 g/mol. The van der Waals surface area contributed by atoms with Gasteiger partial charge in [-0.1, -0.05) is 24.3 Å². The lowest BCUT2D eigenvalue weighted by atomic mass is 9.99. The number of hydrogen-bond donors (Lipinski definition) is 1. The molecule has 88 valence electrons. The van der Waals surface area contributed by atoms with E-state index in [9.17, 15) is 8.42 Å². The second kappa shape index (κ2) is 4.18. The van der Waals surface area contributed by atoms with Crippen molar-refractivity contribution in [3.8, 4) is 0 Å². The highest BCUT2D eigenvalue weighted by Crippen LogP contribution is 2.36. The van der Waals surface area contributed by atoms with Gasteiger partial charge < -0.3 is 5.73 Å². The molecule has 0 heterocycles. The minimum atomic E-state index is -2.88. The molecule has 3 nitrogen and oxygen atoms in total. The molecule has 4 heteroatoms. The molecule has 0 saturated carbocycles. The Bertz CT molecular complexity index is 482. The van der Waals surface area contributed by atoms with E-state index in [0.29, 0.717) is 6.42 Å². The van der Waals surface area contributed by atoms with Crippen LogP contribution in [0.3, 0.4) is 0 Å².